The first-order chi connectivity index (χ1) is 68.9. The van der Waals surface area contributed by atoms with E-state index in [1.165, 1.54) is 21.9 Å². The van der Waals surface area contributed by atoms with E-state index in [9.17, 15) is 0 Å². The SMILES string of the molecule is c1ccc(-c2cccc(-n3c4ccccc4c4cc(-c5cccc6oc7ccc(-c8ccc9c(c8)c8cc(-c%10ccc%11c%12cc(-c%13cccc%14oc%15ccc(-c%16ccc%17c(c%16)c%16ccccc%16n%17-c%16nc(-c%17ccccc%17)nc(-c%17cccc%18c%17oc%17ccccc%17%18)n%16)cc%15c%13%14)ccc%12n(-c%12ccccc%12)c%11c%10)ccc8n9-c8nc(-c9ccccc9)nc(-c9ccccc9)n8)cc7c56)ccc43)c2)cc1. The molecule has 0 aliphatic rings. The van der Waals surface area contributed by atoms with Crippen LogP contribution in [0.4, 0.5) is 0 Å². The second kappa shape index (κ2) is 30.8. The van der Waals surface area contributed by atoms with Gasteiger partial charge in [0.05, 0.1) is 49.7 Å². The van der Waals surface area contributed by atoms with Crippen LogP contribution in [0, 0.1) is 0 Å². The maximum atomic E-state index is 6.86. The van der Waals surface area contributed by atoms with Gasteiger partial charge >= 0.3 is 0 Å². The molecule has 139 heavy (non-hydrogen) atoms. The van der Waals surface area contributed by atoms with Crippen molar-refractivity contribution in [3.63, 3.8) is 0 Å². The van der Waals surface area contributed by atoms with Gasteiger partial charge in [-0.05, 0) is 218 Å². The number of aromatic nitrogens is 10. The Morgan fingerprint density at radius 2 is 0.468 bits per heavy atom. The van der Waals surface area contributed by atoms with Gasteiger partial charge < -0.3 is 22.4 Å². The first kappa shape index (κ1) is 77.6. The number of hydrogen-bond donors (Lipinski definition) is 0. The van der Waals surface area contributed by atoms with Crippen molar-refractivity contribution in [1.82, 2.24) is 48.2 Å². The molecule has 20 aromatic carbocycles. The minimum Gasteiger partial charge on any atom is -0.456 e. The molecule has 29 aromatic rings. The highest BCUT2D eigenvalue weighted by Gasteiger charge is 2.28. The van der Waals surface area contributed by atoms with Crippen molar-refractivity contribution in [1.29, 1.82) is 0 Å². The van der Waals surface area contributed by atoms with E-state index in [1.807, 2.05) is 97.1 Å². The second-order valence-corrected chi connectivity index (χ2v) is 35.9. The summed E-state index contributed by atoms with van der Waals surface area (Å²) in [5, 5.41) is 15.1. The summed E-state index contributed by atoms with van der Waals surface area (Å²) >= 11 is 0. The van der Waals surface area contributed by atoms with E-state index in [0.717, 1.165) is 232 Å². The average Bonchev–Trinajstić information content (AvgIpc) is 1.58. The van der Waals surface area contributed by atoms with Crippen LogP contribution in [0.3, 0.4) is 0 Å². The monoisotopic (exact) mass is 1770 g/mol. The lowest BCUT2D eigenvalue weighted by Crippen LogP contribution is -2.06. The molecule has 0 bridgehead atoms. The quantitative estimate of drug-likeness (QED) is 0.104. The summed E-state index contributed by atoms with van der Waals surface area (Å²) < 4.78 is 29.5. The first-order valence-electron chi connectivity index (χ1n) is 46.8. The lowest BCUT2D eigenvalue weighted by Gasteiger charge is -2.11. The minimum atomic E-state index is 0.502. The molecular formula is C126H74N10O3. The Morgan fingerprint density at radius 1 is 0.151 bits per heavy atom. The molecule has 0 saturated heterocycles. The normalized spacial score (nSPS) is 12.0. The molecule has 0 aliphatic heterocycles. The van der Waals surface area contributed by atoms with Crippen molar-refractivity contribution >= 4 is 153 Å². The molecule has 0 radical (unpaired) electrons. The Morgan fingerprint density at radius 3 is 0.993 bits per heavy atom. The zero-order valence-corrected chi connectivity index (χ0v) is 74.4. The third-order valence-electron chi connectivity index (χ3n) is 28.1. The van der Waals surface area contributed by atoms with Crippen LogP contribution in [0.25, 0.3) is 289 Å². The first-order valence-corrected chi connectivity index (χ1v) is 46.8. The zero-order valence-electron chi connectivity index (χ0n) is 74.4. The molecule has 0 amide bonds. The molecule has 646 valence electrons. The van der Waals surface area contributed by atoms with Crippen LogP contribution in [-0.2, 0) is 0 Å². The fourth-order valence-electron chi connectivity index (χ4n) is 21.7. The van der Waals surface area contributed by atoms with Crippen molar-refractivity contribution in [2.45, 2.75) is 0 Å². The summed E-state index contributed by atoms with van der Waals surface area (Å²) in [4.78, 5) is 31.8. The lowest BCUT2D eigenvalue weighted by atomic mass is 9.95. The standard InChI is InChI=1S/C126H74N10O3/c1-6-26-75(27-7-1)79-34-22-37-89(66-79)134-105-45-19-16-38-92(105)99-72-86(55-63-108(99)134)90-41-24-48-116-118(90)104-71-84(57-65-115(104)138-116)81-52-60-110-101(68-81)102-69-82(53-61-111(102)136(110)125-129-121(76-28-8-2-9-29-76)127-122(130-125)77-30-10-3-11-31-77)85-50-58-94-100-73-87(54-62-107(100)133(112(94)74-85)88-35-14-5-15-36-88)91-42-25-49-117-119(91)103-70-83(56-64-114(103)137-117)80-51-59-109-98(67-80)93-39-17-20-46-106(93)135(109)126-131-123(78-32-12-4-13-33-78)128-124(132-126)97-44-23-43-96-95-40-18-21-47-113(95)139-120(96)97/h1-74H. The number of nitrogens with zero attached hydrogens (tertiary/aromatic N) is 10. The van der Waals surface area contributed by atoms with Crippen LogP contribution in [0.2, 0.25) is 0 Å². The van der Waals surface area contributed by atoms with Gasteiger partial charge in [0.2, 0.25) is 11.9 Å². The average molecular weight is 1780 g/mol. The highest BCUT2D eigenvalue weighted by atomic mass is 16.3. The van der Waals surface area contributed by atoms with Crippen molar-refractivity contribution < 1.29 is 13.3 Å². The van der Waals surface area contributed by atoms with Gasteiger partial charge in [-0.2, -0.15) is 19.9 Å². The number of para-hydroxylation sites is 5. The molecule has 9 heterocycles. The molecule has 9 aromatic heterocycles. The number of furan rings is 3. The van der Waals surface area contributed by atoms with Crippen molar-refractivity contribution in [3.05, 3.63) is 449 Å². The smallest absolute Gasteiger partial charge is 0.238 e. The van der Waals surface area contributed by atoms with Crippen molar-refractivity contribution in [3.8, 4) is 136 Å². The molecule has 0 N–H and O–H groups in total. The predicted octanol–water partition coefficient (Wildman–Crippen LogP) is 32.8. The highest BCUT2D eigenvalue weighted by molar-refractivity contribution is 6.21. The van der Waals surface area contributed by atoms with Crippen LogP contribution < -0.4 is 0 Å². The number of hydrogen-bond acceptors (Lipinski definition) is 9. The topological polar surface area (TPSA) is 136 Å². The Kier molecular flexibility index (Phi) is 17.2. The van der Waals surface area contributed by atoms with Gasteiger partial charge in [-0.3, -0.25) is 9.13 Å². The second-order valence-electron chi connectivity index (χ2n) is 35.9. The Balaban J connectivity index is 0.551. The summed E-state index contributed by atoms with van der Waals surface area (Å²) in [5.74, 6) is 3.25. The van der Waals surface area contributed by atoms with Crippen LogP contribution >= 0.6 is 0 Å². The fourth-order valence-corrected chi connectivity index (χ4v) is 21.7. The summed E-state index contributed by atoms with van der Waals surface area (Å²) in [5.41, 5.74) is 31.8. The molecule has 0 spiro atoms. The van der Waals surface area contributed by atoms with E-state index < -0.39 is 0 Å². The van der Waals surface area contributed by atoms with E-state index >= 15 is 0 Å². The summed E-state index contributed by atoms with van der Waals surface area (Å²) in [6, 6.07) is 160. The Bertz CT molecular complexity index is 10100. The Labute approximate surface area is 793 Å². The third-order valence-corrected chi connectivity index (χ3v) is 28.1. The summed E-state index contributed by atoms with van der Waals surface area (Å²) in [6.45, 7) is 0. The molecule has 13 heteroatoms. The van der Waals surface area contributed by atoms with E-state index in [-0.39, 0.29) is 0 Å². The van der Waals surface area contributed by atoms with Crippen LogP contribution in [0.1, 0.15) is 0 Å². The summed E-state index contributed by atoms with van der Waals surface area (Å²) in [6.07, 6.45) is 0. The lowest BCUT2D eigenvalue weighted by molar-refractivity contribution is 0.668. The molecule has 0 fully saturated rings. The van der Waals surface area contributed by atoms with Gasteiger partial charge in [-0.25, -0.2) is 9.97 Å². The maximum absolute atomic E-state index is 6.86. The molecule has 13 nitrogen and oxygen atoms in total. The highest BCUT2D eigenvalue weighted by Crippen LogP contribution is 2.49. The number of benzene rings is 20. The van der Waals surface area contributed by atoms with Crippen LogP contribution in [-0.4, -0.2) is 48.2 Å². The van der Waals surface area contributed by atoms with Gasteiger partial charge in [0.25, 0.3) is 0 Å². The summed E-state index contributed by atoms with van der Waals surface area (Å²) in [7, 11) is 0. The molecule has 0 aliphatic carbocycles. The van der Waals surface area contributed by atoms with Crippen molar-refractivity contribution in [2.75, 3.05) is 0 Å². The van der Waals surface area contributed by atoms with E-state index in [4.69, 9.17) is 43.2 Å². The van der Waals surface area contributed by atoms with Gasteiger partial charge in [0, 0.05) is 103 Å². The van der Waals surface area contributed by atoms with Crippen molar-refractivity contribution in [2.24, 2.45) is 0 Å². The van der Waals surface area contributed by atoms with Gasteiger partial charge in [-0.1, -0.05) is 297 Å². The predicted molar refractivity (Wildman–Crippen MR) is 567 cm³/mol. The van der Waals surface area contributed by atoms with Gasteiger partial charge in [0.1, 0.15) is 33.5 Å². The largest absolute Gasteiger partial charge is 0.456 e. The molecule has 29 rings (SSSR count). The van der Waals surface area contributed by atoms with Gasteiger partial charge in [-0.15, -0.1) is 0 Å². The van der Waals surface area contributed by atoms with E-state index in [0.29, 0.717) is 35.2 Å². The minimum absolute atomic E-state index is 0.502. The maximum Gasteiger partial charge on any atom is 0.238 e. The number of fused-ring (bicyclic) bond motifs is 21. The van der Waals surface area contributed by atoms with Gasteiger partial charge in [0.15, 0.2) is 23.3 Å². The Hall–Kier alpha value is -19.0. The van der Waals surface area contributed by atoms with E-state index in [1.54, 1.807) is 0 Å². The third kappa shape index (κ3) is 12.4. The fraction of sp³-hybridized carbons (Fsp3) is 0. The molecular weight excluding hydrogens is 1700 g/mol. The van der Waals surface area contributed by atoms with E-state index in [2.05, 4.69) is 370 Å². The zero-order chi connectivity index (χ0) is 91.0. The van der Waals surface area contributed by atoms with Crippen LogP contribution in [0.15, 0.2) is 462 Å². The van der Waals surface area contributed by atoms with Crippen LogP contribution in [0.5, 0.6) is 0 Å². The molecule has 0 atom stereocenters. The molecule has 0 saturated carbocycles. The molecule has 0 unspecified atom stereocenters. The number of rotatable bonds is 14.